The molecule has 0 fully saturated rings. The Morgan fingerprint density at radius 3 is 2.83 bits per heavy atom. The van der Waals surface area contributed by atoms with Crippen molar-refractivity contribution < 1.29 is 5.11 Å². The van der Waals surface area contributed by atoms with E-state index in [1.165, 1.54) is 0 Å². The van der Waals surface area contributed by atoms with Crippen LogP contribution in [0.3, 0.4) is 0 Å². The Hall–Kier alpha value is -0.690. The maximum Gasteiger partial charge on any atom is 0.119 e. The minimum absolute atomic E-state index is 0.329. The zero-order valence-electron chi connectivity index (χ0n) is 7.05. The van der Waals surface area contributed by atoms with E-state index in [4.69, 9.17) is 11.6 Å². The van der Waals surface area contributed by atoms with Crippen molar-refractivity contribution in [1.29, 1.82) is 0 Å². The van der Waals surface area contributed by atoms with Gasteiger partial charge in [-0.15, -0.1) is 11.6 Å². The molecule has 1 N–H and O–H groups in total. The first kappa shape index (κ1) is 9.40. The van der Waals surface area contributed by atoms with Crippen LogP contribution in [-0.4, -0.2) is 11.0 Å². The van der Waals surface area contributed by atoms with Gasteiger partial charge in [-0.05, 0) is 30.0 Å². The molecular formula is C10H12ClO. The van der Waals surface area contributed by atoms with Crippen molar-refractivity contribution in [2.75, 3.05) is 5.88 Å². The van der Waals surface area contributed by atoms with Gasteiger partial charge in [-0.2, -0.15) is 0 Å². The summed E-state index contributed by atoms with van der Waals surface area (Å²) >= 11 is 5.60. The molecule has 1 radical (unpaired) electrons. The molecule has 0 aromatic heterocycles. The largest absolute Gasteiger partial charge is 0.508 e. The lowest BCUT2D eigenvalue weighted by Gasteiger charge is -2.03. The number of aryl methyl sites for hydroxylation is 1. The predicted octanol–water partition coefficient (Wildman–Crippen LogP) is 2.75. The van der Waals surface area contributed by atoms with Crippen molar-refractivity contribution in [2.45, 2.75) is 13.3 Å². The summed E-state index contributed by atoms with van der Waals surface area (Å²) in [5, 5.41) is 9.34. The number of benzene rings is 1. The Morgan fingerprint density at radius 1 is 1.50 bits per heavy atom. The van der Waals surface area contributed by atoms with Crippen molar-refractivity contribution in [3.8, 4) is 5.75 Å². The van der Waals surface area contributed by atoms with Gasteiger partial charge < -0.3 is 5.11 Å². The molecule has 0 saturated heterocycles. The molecule has 0 bridgehead atoms. The average molecular weight is 184 g/mol. The molecule has 0 aliphatic rings. The van der Waals surface area contributed by atoms with E-state index >= 15 is 0 Å². The second-order valence-electron chi connectivity index (χ2n) is 2.62. The third kappa shape index (κ3) is 2.15. The summed E-state index contributed by atoms with van der Waals surface area (Å²) in [5.41, 5.74) is 2.04. The molecule has 0 atom stereocenters. The van der Waals surface area contributed by atoms with Crippen LogP contribution in [0.5, 0.6) is 5.75 Å². The van der Waals surface area contributed by atoms with E-state index < -0.39 is 0 Å². The zero-order chi connectivity index (χ0) is 8.97. The lowest BCUT2D eigenvalue weighted by Crippen LogP contribution is -1.88. The molecule has 0 aliphatic carbocycles. The van der Waals surface area contributed by atoms with Gasteiger partial charge in [0.05, 0.1) is 0 Å². The van der Waals surface area contributed by atoms with Crippen LogP contribution in [0.1, 0.15) is 18.1 Å². The molecule has 0 saturated carbocycles. The standard InChI is InChI=1S/C10H12ClO/c1-2-9-7-8(5-6-11)3-4-10(9)12/h2-4,7,12H,5-6H2,1H3. The van der Waals surface area contributed by atoms with Crippen LogP contribution >= 0.6 is 11.6 Å². The van der Waals surface area contributed by atoms with E-state index in [2.05, 4.69) is 0 Å². The summed E-state index contributed by atoms with van der Waals surface area (Å²) < 4.78 is 0. The highest BCUT2D eigenvalue weighted by Crippen LogP contribution is 2.20. The third-order valence-electron chi connectivity index (χ3n) is 1.79. The summed E-state index contributed by atoms with van der Waals surface area (Å²) in [6, 6.07) is 5.56. The van der Waals surface area contributed by atoms with Gasteiger partial charge in [-0.25, -0.2) is 0 Å². The fourth-order valence-electron chi connectivity index (χ4n) is 1.10. The Morgan fingerprint density at radius 2 is 2.25 bits per heavy atom. The first-order chi connectivity index (χ1) is 5.77. The first-order valence-electron chi connectivity index (χ1n) is 3.95. The maximum atomic E-state index is 9.34. The number of hydrogen-bond donors (Lipinski definition) is 1. The van der Waals surface area contributed by atoms with Crippen LogP contribution in [0.2, 0.25) is 0 Å². The Labute approximate surface area is 78.0 Å². The number of rotatable bonds is 3. The van der Waals surface area contributed by atoms with Crippen molar-refractivity contribution >= 4 is 11.6 Å². The number of halogens is 1. The van der Waals surface area contributed by atoms with Crippen LogP contribution in [-0.2, 0) is 6.42 Å². The first-order valence-corrected chi connectivity index (χ1v) is 4.48. The minimum Gasteiger partial charge on any atom is -0.508 e. The van der Waals surface area contributed by atoms with Gasteiger partial charge in [0.2, 0.25) is 0 Å². The summed E-state index contributed by atoms with van der Waals surface area (Å²) in [6.45, 7) is 1.90. The fraction of sp³-hybridized carbons (Fsp3) is 0.300. The highest BCUT2D eigenvalue weighted by Gasteiger charge is 1.99. The van der Waals surface area contributed by atoms with E-state index in [-0.39, 0.29) is 0 Å². The van der Waals surface area contributed by atoms with Crippen molar-refractivity contribution in [3.05, 3.63) is 35.7 Å². The highest BCUT2D eigenvalue weighted by molar-refractivity contribution is 6.17. The lowest BCUT2D eigenvalue weighted by molar-refractivity contribution is 0.472. The van der Waals surface area contributed by atoms with Gasteiger partial charge in [-0.3, -0.25) is 0 Å². The van der Waals surface area contributed by atoms with Crippen LogP contribution in [0.15, 0.2) is 18.2 Å². The van der Waals surface area contributed by atoms with Gasteiger partial charge in [0, 0.05) is 5.88 Å². The van der Waals surface area contributed by atoms with E-state index in [0.717, 1.165) is 17.5 Å². The lowest BCUT2D eigenvalue weighted by atomic mass is 10.1. The molecule has 1 rings (SSSR count). The summed E-state index contributed by atoms with van der Waals surface area (Å²) in [5.74, 6) is 0.948. The van der Waals surface area contributed by atoms with Crippen LogP contribution < -0.4 is 0 Å². The van der Waals surface area contributed by atoms with Gasteiger partial charge in [0.15, 0.2) is 0 Å². The van der Waals surface area contributed by atoms with Crippen molar-refractivity contribution in [1.82, 2.24) is 0 Å². The third-order valence-corrected chi connectivity index (χ3v) is 1.98. The highest BCUT2D eigenvalue weighted by atomic mass is 35.5. The Balaban J connectivity index is 2.89. The van der Waals surface area contributed by atoms with Gasteiger partial charge in [0.1, 0.15) is 5.75 Å². The van der Waals surface area contributed by atoms with Gasteiger partial charge in [0.25, 0.3) is 0 Å². The van der Waals surface area contributed by atoms with E-state index in [1.54, 1.807) is 6.07 Å². The molecule has 0 heterocycles. The molecule has 12 heavy (non-hydrogen) atoms. The predicted molar refractivity (Wildman–Crippen MR) is 51.6 cm³/mol. The number of phenols is 1. The Kier molecular flexibility index (Phi) is 3.42. The summed E-state index contributed by atoms with van der Waals surface area (Å²) in [7, 11) is 0. The van der Waals surface area contributed by atoms with Crippen LogP contribution in [0.4, 0.5) is 0 Å². The number of alkyl halides is 1. The molecule has 1 aromatic rings. The quantitative estimate of drug-likeness (QED) is 0.715. The summed E-state index contributed by atoms with van der Waals surface area (Å²) in [6.07, 6.45) is 2.73. The Bertz CT molecular complexity index is 258. The van der Waals surface area contributed by atoms with E-state index in [1.807, 2.05) is 25.5 Å². The smallest absolute Gasteiger partial charge is 0.119 e. The maximum absolute atomic E-state index is 9.34. The molecule has 1 aromatic carbocycles. The molecule has 0 spiro atoms. The van der Waals surface area contributed by atoms with Crippen molar-refractivity contribution in [3.63, 3.8) is 0 Å². The molecule has 2 heteroatoms. The van der Waals surface area contributed by atoms with E-state index in [0.29, 0.717) is 11.6 Å². The zero-order valence-corrected chi connectivity index (χ0v) is 7.80. The topological polar surface area (TPSA) is 20.2 Å². The SMILES string of the molecule is C[CH]c1cc(CCCl)ccc1O. The molecule has 0 unspecified atom stereocenters. The number of aromatic hydroxyl groups is 1. The van der Waals surface area contributed by atoms with Gasteiger partial charge >= 0.3 is 0 Å². The van der Waals surface area contributed by atoms with Crippen LogP contribution in [0, 0.1) is 6.42 Å². The summed E-state index contributed by atoms with van der Waals surface area (Å²) in [4.78, 5) is 0. The normalized spacial score (nSPS) is 10.2. The number of hydrogen-bond acceptors (Lipinski definition) is 1. The van der Waals surface area contributed by atoms with Crippen LogP contribution in [0.25, 0.3) is 0 Å². The minimum atomic E-state index is 0.329. The fourth-order valence-corrected chi connectivity index (χ4v) is 1.32. The molecule has 1 nitrogen and oxygen atoms in total. The second kappa shape index (κ2) is 4.36. The molecule has 0 amide bonds. The molecular weight excluding hydrogens is 172 g/mol. The average Bonchev–Trinajstić information content (AvgIpc) is 2.09. The number of phenolic OH excluding ortho intramolecular Hbond substituents is 1. The monoisotopic (exact) mass is 183 g/mol. The van der Waals surface area contributed by atoms with Crippen molar-refractivity contribution in [2.24, 2.45) is 0 Å². The second-order valence-corrected chi connectivity index (χ2v) is 3.00. The molecule has 65 valence electrons. The molecule has 0 aliphatic heterocycles. The van der Waals surface area contributed by atoms with E-state index in [9.17, 15) is 5.11 Å². The van der Waals surface area contributed by atoms with Gasteiger partial charge in [-0.1, -0.05) is 19.1 Å².